The van der Waals surface area contributed by atoms with Crippen molar-refractivity contribution in [3.8, 4) is 0 Å². The fraction of sp³-hybridized carbons (Fsp3) is 0.100. The Morgan fingerprint density at radius 2 is 2.19 bits per heavy atom. The van der Waals surface area contributed by atoms with Crippen LogP contribution in [0.3, 0.4) is 0 Å². The summed E-state index contributed by atoms with van der Waals surface area (Å²) in [6, 6.07) is 5.57. The zero-order valence-electron chi connectivity index (χ0n) is 8.08. The molecule has 0 saturated carbocycles. The van der Waals surface area contributed by atoms with E-state index in [-0.39, 0.29) is 0 Å². The molecule has 16 heavy (non-hydrogen) atoms. The van der Waals surface area contributed by atoms with Crippen molar-refractivity contribution in [2.45, 2.75) is 11.4 Å². The number of thiol groups is 1. The van der Waals surface area contributed by atoms with Crippen LogP contribution < -0.4 is 5.32 Å². The monoisotopic (exact) mass is 290 g/mol. The molecule has 2 aromatic rings. The van der Waals surface area contributed by atoms with E-state index in [1.807, 2.05) is 18.2 Å². The van der Waals surface area contributed by atoms with Crippen molar-refractivity contribution in [2.75, 3.05) is 5.32 Å². The fourth-order valence-electron chi connectivity index (χ4n) is 1.23. The molecule has 0 spiro atoms. The van der Waals surface area contributed by atoms with Crippen LogP contribution in [0.15, 0.2) is 29.3 Å². The molecule has 1 aromatic carbocycles. The Morgan fingerprint density at radius 1 is 1.38 bits per heavy atom. The van der Waals surface area contributed by atoms with Crippen molar-refractivity contribution in [3.63, 3.8) is 0 Å². The van der Waals surface area contributed by atoms with Crippen molar-refractivity contribution >= 4 is 52.9 Å². The van der Waals surface area contributed by atoms with Crippen LogP contribution >= 0.6 is 47.2 Å². The van der Waals surface area contributed by atoms with Crippen molar-refractivity contribution in [3.05, 3.63) is 38.8 Å². The van der Waals surface area contributed by atoms with Gasteiger partial charge in [-0.05, 0) is 12.1 Å². The number of thiazole rings is 1. The van der Waals surface area contributed by atoms with Crippen LogP contribution in [0.5, 0.6) is 0 Å². The Kier molecular flexibility index (Phi) is 3.97. The molecule has 0 fully saturated rings. The van der Waals surface area contributed by atoms with Gasteiger partial charge in [0, 0.05) is 16.0 Å². The van der Waals surface area contributed by atoms with Gasteiger partial charge in [0.15, 0.2) is 4.47 Å². The molecule has 0 bridgehead atoms. The molecule has 0 radical (unpaired) electrons. The number of benzene rings is 1. The van der Waals surface area contributed by atoms with Crippen LogP contribution in [0.25, 0.3) is 0 Å². The lowest BCUT2D eigenvalue weighted by Gasteiger charge is -2.09. The van der Waals surface area contributed by atoms with Gasteiger partial charge >= 0.3 is 0 Å². The van der Waals surface area contributed by atoms with Crippen LogP contribution in [0, 0.1) is 0 Å². The van der Waals surface area contributed by atoms with E-state index in [0.29, 0.717) is 16.0 Å². The normalized spacial score (nSPS) is 10.4. The zero-order valence-corrected chi connectivity index (χ0v) is 11.3. The van der Waals surface area contributed by atoms with Crippen LogP contribution in [-0.2, 0) is 6.54 Å². The predicted molar refractivity (Wildman–Crippen MR) is 73.2 cm³/mol. The third kappa shape index (κ3) is 2.83. The predicted octanol–water partition coefficient (Wildman–Crippen LogP) is 4.35. The largest absolute Gasteiger partial charge is 0.378 e. The summed E-state index contributed by atoms with van der Waals surface area (Å²) in [6.07, 6.45) is 1.75. The number of halogens is 2. The lowest BCUT2D eigenvalue weighted by atomic mass is 10.3. The van der Waals surface area contributed by atoms with Gasteiger partial charge in [-0.1, -0.05) is 29.3 Å². The van der Waals surface area contributed by atoms with E-state index in [1.165, 1.54) is 11.3 Å². The van der Waals surface area contributed by atoms with Gasteiger partial charge in [0.1, 0.15) is 0 Å². The van der Waals surface area contributed by atoms with Crippen LogP contribution in [0.4, 0.5) is 5.69 Å². The first-order valence-corrected chi connectivity index (χ1v) is 6.50. The molecule has 0 atom stereocenters. The molecule has 0 aliphatic rings. The van der Waals surface area contributed by atoms with E-state index in [1.54, 1.807) is 6.20 Å². The Bertz CT molecular complexity index is 479. The minimum Gasteiger partial charge on any atom is -0.378 e. The maximum absolute atomic E-state index is 6.05. The van der Waals surface area contributed by atoms with Crippen LogP contribution in [-0.4, -0.2) is 4.98 Å². The van der Waals surface area contributed by atoms with Crippen LogP contribution in [0.1, 0.15) is 4.88 Å². The second-order valence-electron chi connectivity index (χ2n) is 3.07. The first kappa shape index (κ1) is 12.0. The van der Waals surface area contributed by atoms with Crippen molar-refractivity contribution in [2.24, 2.45) is 0 Å². The number of nitrogens with zero attached hydrogens (tertiary/aromatic N) is 1. The lowest BCUT2D eigenvalue weighted by molar-refractivity contribution is 1.16. The molecule has 2 nitrogen and oxygen atoms in total. The third-order valence-electron chi connectivity index (χ3n) is 1.96. The average molecular weight is 291 g/mol. The SMILES string of the molecule is Sc1cccc(Cl)c1NCc1cnc(Cl)s1. The van der Waals surface area contributed by atoms with Gasteiger partial charge in [-0.25, -0.2) is 4.98 Å². The van der Waals surface area contributed by atoms with E-state index in [2.05, 4.69) is 22.9 Å². The standard InChI is InChI=1S/C10H8Cl2N2S2/c11-7-2-1-3-8(15)9(7)13-4-6-5-14-10(12)16-6/h1-3,5,13,15H,4H2. The summed E-state index contributed by atoms with van der Waals surface area (Å²) in [5.41, 5.74) is 0.831. The minimum atomic E-state index is 0.544. The number of hydrogen-bond acceptors (Lipinski definition) is 4. The Labute approximate surface area is 113 Å². The highest BCUT2D eigenvalue weighted by molar-refractivity contribution is 7.80. The quantitative estimate of drug-likeness (QED) is 0.822. The molecule has 1 aromatic heterocycles. The van der Waals surface area contributed by atoms with Crippen molar-refractivity contribution in [1.29, 1.82) is 0 Å². The summed E-state index contributed by atoms with van der Waals surface area (Å²) in [4.78, 5) is 5.84. The maximum Gasteiger partial charge on any atom is 0.183 e. The summed E-state index contributed by atoms with van der Waals surface area (Å²) in [7, 11) is 0. The highest BCUT2D eigenvalue weighted by Crippen LogP contribution is 2.29. The second-order valence-corrected chi connectivity index (χ2v) is 5.65. The third-order valence-corrected chi connectivity index (χ3v) is 3.76. The zero-order chi connectivity index (χ0) is 11.5. The van der Waals surface area contributed by atoms with Gasteiger partial charge in [-0.3, -0.25) is 0 Å². The first-order chi connectivity index (χ1) is 7.66. The van der Waals surface area contributed by atoms with Gasteiger partial charge in [0.25, 0.3) is 0 Å². The second kappa shape index (κ2) is 5.27. The molecule has 0 unspecified atom stereocenters. The summed E-state index contributed by atoms with van der Waals surface area (Å²) in [5, 5.41) is 3.87. The van der Waals surface area contributed by atoms with Gasteiger partial charge in [-0.2, -0.15) is 0 Å². The summed E-state index contributed by atoms with van der Waals surface area (Å²) < 4.78 is 0.544. The van der Waals surface area contributed by atoms with Gasteiger partial charge < -0.3 is 5.32 Å². The van der Waals surface area contributed by atoms with Crippen LogP contribution in [0.2, 0.25) is 9.49 Å². The summed E-state index contributed by atoms with van der Waals surface area (Å²) in [5.74, 6) is 0. The van der Waals surface area contributed by atoms with E-state index in [0.717, 1.165) is 15.5 Å². The number of hydrogen-bond donors (Lipinski definition) is 2. The number of nitrogens with one attached hydrogen (secondary N) is 1. The Balaban J connectivity index is 2.10. The summed E-state index contributed by atoms with van der Waals surface area (Å²) in [6.45, 7) is 0.641. The lowest BCUT2D eigenvalue weighted by Crippen LogP contribution is -1.98. The molecule has 1 heterocycles. The number of rotatable bonds is 3. The van der Waals surface area contributed by atoms with E-state index in [4.69, 9.17) is 23.2 Å². The number of anilines is 1. The molecule has 0 aliphatic carbocycles. The minimum absolute atomic E-state index is 0.544. The maximum atomic E-state index is 6.05. The number of aromatic nitrogens is 1. The van der Waals surface area contributed by atoms with E-state index >= 15 is 0 Å². The van der Waals surface area contributed by atoms with Gasteiger partial charge in [0.2, 0.25) is 0 Å². The molecular formula is C10H8Cl2N2S2. The number of para-hydroxylation sites is 1. The first-order valence-electron chi connectivity index (χ1n) is 4.48. The Hall–Kier alpha value is -0.420. The smallest absolute Gasteiger partial charge is 0.183 e. The van der Waals surface area contributed by atoms with Crippen molar-refractivity contribution in [1.82, 2.24) is 4.98 Å². The van der Waals surface area contributed by atoms with Gasteiger partial charge in [-0.15, -0.1) is 24.0 Å². The molecule has 0 aliphatic heterocycles. The molecule has 84 valence electrons. The Morgan fingerprint density at radius 3 is 2.81 bits per heavy atom. The fourth-order valence-corrected chi connectivity index (χ4v) is 2.74. The molecule has 1 N–H and O–H groups in total. The van der Waals surface area contributed by atoms with Crippen molar-refractivity contribution < 1.29 is 0 Å². The average Bonchev–Trinajstić information content (AvgIpc) is 2.63. The topological polar surface area (TPSA) is 24.9 Å². The van der Waals surface area contributed by atoms with E-state index in [9.17, 15) is 0 Å². The highest BCUT2D eigenvalue weighted by Gasteiger charge is 2.05. The molecular weight excluding hydrogens is 283 g/mol. The van der Waals surface area contributed by atoms with Gasteiger partial charge in [0.05, 0.1) is 17.3 Å². The molecule has 0 saturated heterocycles. The highest BCUT2D eigenvalue weighted by atomic mass is 35.5. The van der Waals surface area contributed by atoms with E-state index < -0.39 is 0 Å². The molecule has 6 heteroatoms. The molecule has 0 amide bonds. The summed E-state index contributed by atoms with van der Waals surface area (Å²) >= 11 is 17.6. The molecule has 2 rings (SSSR count).